The summed E-state index contributed by atoms with van der Waals surface area (Å²) in [5.74, 6) is -1.74. The predicted octanol–water partition coefficient (Wildman–Crippen LogP) is 1.48. The monoisotopic (exact) mass is 215 g/mol. The zero-order valence-electron chi connectivity index (χ0n) is 10.2. The number of ether oxygens (including phenoxy) is 1. The minimum absolute atomic E-state index is 0.231. The topological polar surface area (TPSA) is 69.4 Å². The van der Waals surface area contributed by atoms with E-state index in [1.165, 1.54) is 0 Å². The van der Waals surface area contributed by atoms with Crippen molar-refractivity contribution in [2.45, 2.75) is 46.6 Å². The molecule has 0 rings (SSSR count). The van der Waals surface area contributed by atoms with E-state index in [4.69, 9.17) is 10.5 Å². The fourth-order valence-electron chi connectivity index (χ4n) is 1.17. The highest BCUT2D eigenvalue weighted by Gasteiger charge is 2.29. The third-order valence-corrected chi connectivity index (χ3v) is 1.74. The van der Waals surface area contributed by atoms with Gasteiger partial charge in [0.2, 0.25) is 5.91 Å². The van der Waals surface area contributed by atoms with Crippen LogP contribution in [0.5, 0.6) is 0 Å². The van der Waals surface area contributed by atoms with Gasteiger partial charge in [-0.2, -0.15) is 0 Å². The minimum Gasteiger partial charge on any atom is -0.459 e. The van der Waals surface area contributed by atoms with Gasteiger partial charge in [0.1, 0.15) is 11.5 Å². The maximum absolute atomic E-state index is 11.6. The molecule has 4 heteroatoms. The first kappa shape index (κ1) is 13.9. The van der Waals surface area contributed by atoms with Crippen molar-refractivity contribution in [1.29, 1.82) is 0 Å². The SMILES string of the molecule is CC(C)C[C@@H](C(N)=O)C(=O)OC(C)(C)C. The average Bonchev–Trinajstić information content (AvgIpc) is 1.95. The number of rotatable bonds is 4. The van der Waals surface area contributed by atoms with Crippen LogP contribution < -0.4 is 5.73 Å². The molecule has 0 unspecified atom stereocenters. The van der Waals surface area contributed by atoms with E-state index < -0.39 is 23.4 Å². The Kier molecular flexibility index (Phi) is 4.78. The number of hydrogen-bond donors (Lipinski definition) is 1. The fourth-order valence-corrected chi connectivity index (χ4v) is 1.17. The van der Waals surface area contributed by atoms with E-state index in [9.17, 15) is 9.59 Å². The lowest BCUT2D eigenvalue weighted by molar-refractivity contribution is -0.162. The second-order valence-corrected chi connectivity index (χ2v) is 5.12. The zero-order chi connectivity index (χ0) is 12.2. The Morgan fingerprint density at radius 3 is 2.00 bits per heavy atom. The Bertz CT molecular complexity index is 241. The van der Waals surface area contributed by atoms with Crippen molar-refractivity contribution in [1.82, 2.24) is 0 Å². The standard InChI is InChI=1S/C11H21NO3/c1-7(2)6-8(9(12)13)10(14)15-11(3,4)5/h7-8H,6H2,1-5H3,(H2,12,13)/t8-/m0/s1. The lowest BCUT2D eigenvalue weighted by Crippen LogP contribution is -2.36. The van der Waals surface area contributed by atoms with Gasteiger partial charge in [-0.3, -0.25) is 9.59 Å². The molecule has 88 valence electrons. The van der Waals surface area contributed by atoms with Crippen LogP contribution >= 0.6 is 0 Å². The van der Waals surface area contributed by atoms with Crippen LogP contribution in [-0.4, -0.2) is 17.5 Å². The van der Waals surface area contributed by atoms with Crippen LogP contribution in [0.15, 0.2) is 0 Å². The number of esters is 1. The number of amides is 1. The molecule has 1 amide bonds. The highest BCUT2D eigenvalue weighted by Crippen LogP contribution is 2.17. The quantitative estimate of drug-likeness (QED) is 0.570. The van der Waals surface area contributed by atoms with Gasteiger partial charge in [0.05, 0.1) is 0 Å². The van der Waals surface area contributed by atoms with E-state index in [1.807, 2.05) is 13.8 Å². The molecule has 0 aromatic carbocycles. The van der Waals surface area contributed by atoms with Crippen LogP contribution in [0, 0.1) is 11.8 Å². The summed E-state index contributed by atoms with van der Waals surface area (Å²) in [5.41, 5.74) is 4.58. The summed E-state index contributed by atoms with van der Waals surface area (Å²) in [5, 5.41) is 0. The fraction of sp³-hybridized carbons (Fsp3) is 0.818. The molecule has 0 fully saturated rings. The van der Waals surface area contributed by atoms with Crippen LogP contribution in [0.1, 0.15) is 41.0 Å². The van der Waals surface area contributed by atoms with Crippen LogP contribution in [0.4, 0.5) is 0 Å². The Labute approximate surface area is 91.2 Å². The van der Waals surface area contributed by atoms with Gasteiger partial charge in [-0.05, 0) is 33.1 Å². The van der Waals surface area contributed by atoms with Crippen LogP contribution in [-0.2, 0) is 14.3 Å². The Morgan fingerprint density at radius 1 is 1.27 bits per heavy atom. The van der Waals surface area contributed by atoms with Crippen molar-refractivity contribution in [2.24, 2.45) is 17.6 Å². The summed E-state index contributed by atoms with van der Waals surface area (Å²) in [6, 6.07) is 0. The smallest absolute Gasteiger partial charge is 0.319 e. The third kappa shape index (κ3) is 6.10. The number of primary amides is 1. The van der Waals surface area contributed by atoms with E-state index in [1.54, 1.807) is 20.8 Å². The van der Waals surface area contributed by atoms with Crippen molar-refractivity contribution in [2.75, 3.05) is 0 Å². The van der Waals surface area contributed by atoms with Gasteiger partial charge in [0, 0.05) is 0 Å². The molecular weight excluding hydrogens is 194 g/mol. The average molecular weight is 215 g/mol. The van der Waals surface area contributed by atoms with Crippen molar-refractivity contribution in [3.05, 3.63) is 0 Å². The van der Waals surface area contributed by atoms with Crippen LogP contribution in [0.3, 0.4) is 0 Å². The van der Waals surface area contributed by atoms with E-state index in [2.05, 4.69) is 0 Å². The molecular formula is C11H21NO3. The lowest BCUT2D eigenvalue weighted by Gasteiger charge is -2.23. The van der Waals surface area contributed by atoms with Gasteiger partial charge in [0.25, 0.3) is 0 Å². The summed E-state index contributed by atoms with van der Waals surface area (Å²) in [4.78, 5) is 22.7. The third-order valence-electron chi connectivity index (χ3n) is 1.74. The van der Waals surface area contributed by atoms with Crippen molar-refractivity contribution in [3.8, 4) is 0 Å². The molecule has 0 aliphatic rings. The normalized spacial score (nSPS) is 13.7. The van der Waals surface area contributed by atoms with E-state index >= 15 is 0 Å². The number of carbonyl (C=O) groups is 2. The number of nitrogens with two attached hydrogens (primary N) is 1. The van der Waals surface area contributed by atoms with Gasteiger partial charge in [-0.15, -0.1) is 0 Å². The van der Waals surface area contributed by atoms with Gasteiger partial charge >= 0.3 is 5.97 Å². The summed E-state index contributed by atoms with van der Waals surface area (Å²) >= 11 is 0. The molecule has 4 nitrogen and oxygen atoms in total. The maximum atomic E-state index is 11.6. The molecule has 0 aliphatic heterocycles. The second-order valence-electron chi connectivity index (χ2n) is 5.12. The van der Waals surface area contributed by atoms with Gasteiger partial charge < -0.3 is 10.5 Å². The molecule has 0 radical (unpaired) electrons. The molecule has 0 aliphatic carbocycles. The molecule has 0 spiro atoms. The van der Waals surface area contributed by atoms with Crippen molar-refractivity contribution < 1.29 is 14.3 Å². The highest BCUT2D eigenvalue weighted by molar-refractivity contribution is 5.97. The first-order chi connectivity index (χ1) is 6.63. The Morgan fingerprint density at radius 2 is 1.73 bits per heavy atom. The Balaban J connectivity index is 4.50. The molecule has 2 N–H and O–H groups in total. The molecule has 0 aromatic rings. The van der Waals surface area contributed by atoms with Crippen molar-refractivity contribution >= 4 is 11.9 Å². The van der Waals surface area contributed by atoms with Gasteiger partial charge in [-0.1, -0.05) is 13.8 Å². The van der Waals surface area contributed by atoms with Gasteiger partial charge in [-0.25, -0.2) is 0 Å². The maximum Gasteiger partial charge on any atom is 0.319 e. The summed E-state index contributed by atoms with van der Waals surface area (Å²) in [6.45, 7) is 9.15. The van der Waals surface area contributed by atoms with Crippen molar-refractivity contribution in [3.63, 3.8) is 0 Å². The first-order valence-electron chi connectivity index (χ1n) is 5.15. The van der Waals surface area contributed by atoms with Crippen LogP contribution in [0.25, 0.3) is 0 Å². The molecule has 0 aromatic heterocycles. The highest BCUT2D eigenvalue weighted by atomic mass is 16.6. The number of hydrogen-bond acceptors (Lipinski definition) is 3. The van der Waals surface area contributed by atoms with E-state index in [0.29, 0.717) is 6.42 Å². The molecule has 0 bridgehead atoms. The van der Waals surface area contributed by atoms with E-state index in [-0.39, 0.29) is 5.92 Å². The van der Waals surface area contributed by atoms with Crippen LogP contribution in [0.2, 0.25) is 0 Å². The first-order valence-corrected chi connectivity index (χ1v) is 5.15. The number of carbonyl (C=O) groups excluding carboxylic acids is 2. The zero-order valence-corrected chi connectivity index (χ0v) is 10.2. The molecule has 1 atom stereocenters. The minimum atomic E-state index is -0.829. The molecule has 15 heavy (non-hydrogen) atoms. The molecule has 0 saturated heterocycles. The molecule has 0 saturated carbocycles. The predicted molar refractivity (Wildman–Crippen MR) is 58.0 cm³/mol. The lowest BCUT2D eigenvalue weighted by atomic mass is 9.96. The summed E-state index contributed by atoms with van der Waals surface area (Å²) in [7, 11) is 0. The second kappa shape index (κ2) is 5.14. The molecule has 0 heterocycles. The van der Waals surface area contributed by atoms with Gasteiger partial charge in [0.15, 0.2) is 0 Å². The largest absolute Gasteiger partial charge is 0.459 e. The summed E-state index contributed by atoms with van der Waals surface area (Å²) < 4.78 is 5.12. The summed E-state index contributed by atoms with van der Waals surface area (Å²) in [6.07, 6.45) is 0.435. The Hall–Kier alpha value is -1.06. The van der Waals surface area contributed by atoms with E-state index in [0.717, 1.165) is 0 Å².